The number of hydrogen-bond donors (Lipinski definition) is 6. The summed E-state index contributed by atoms with van der Waals surface area (Å²) >= 11 is 2.41. The number of carboxylic acids is 2. The molecule has 3 atom stereocenters. The van der Waals surface area contributed by atoms with E-state index in [1.165, 1.54) is 17.8 Å². The van der Waals surface area contributed by atoms with E-state index in [-0.39, 0.29) is 34.6 Å². The largest absolute Gasteiger partial charge is 0.481 e. The fourth-order valence-corrected chi connectivity index (χ4v) is 6.10. The summed E-state index contributed by atoms with van der Waals surface area (Å²) in [7, 11) is 0. The van der Waals surface area contributed by atoms with E-state index in [4.69, 9.17) is 10.8 Å². The normalized spacial score (nSPS) is 19.5. The Hall–Kier alpha value is -3.89. The number of nitrogens with one attached hydrogen (secondary N) is 3. The van der Waals surface area contributed by atoms with Gasteiger partial charge in [0.15, 0.2) is 0 Å². The summed E-state index contributed by atoms with van der Waals surface area (Å²) in [6.45, 7) is 0. The third-order valence-corrected chi connectivity index (χ3v) is 7.78. The van der Waals surface area contributed by atoms with Gasteiger partial charge in [0.2, 0.25) is 17.5 Å². The fraction of sp³-hybridized carbons (Fsp3) is 0.286. The number of anilines is 1. The van der Waals surface area contributed by atoms with Crippen molar-refractivity contribution in [2.45, 2.75) is 29.0 Å². The number of β-lactam (4-membered cyclic amide) rings is 1. The molecule has 37 heavy (non-hydrogen) atoms. The molecule has 0 saturated carbocycles. The van der Waals surface area contributed by atoms with E-state index in [9.17, 15) is 29.1 Å². The smallest absolute Gasteiger partial charge is 0.352 e. The minimum atomic E-state index is -1.28. The molecular weight excluding hydrogens is 526 g/mol. The highest BCUT2D eigenvalue weighted by molar-refractivity contribution is 8.01. The molecule has 3 amide bonds. The molecular formula is C21H21N7O7S2. The van der Waals surface area contributed by atoms with Gasteiger partial charge in [-0.25, -0.2) is 9.78 Å². The first-order valence-electron chi connectivity index (χ1n) is 10.7. The maximum Gasteiger partial charge on any atom is 0.352 e. The Morgan fingerprint density at radius 3 is 2.84 bits per heavy atom. The van der Waals surface area contributed by atoms with Crippen molar-refractivity contribution in [3.63, 3.8) is 0 Å². The van der Waals surface area contributed by atoms with Crippen molar-refractivity contribution in [2.24, 2.45) is 5.73 Å². The Morgan fingerprint density at radius 2 is 2.14 bits per heavy atom. The molecule has 4 rings (SSSR count). The number of aliphatic carboxylic acids is 2. The van der Waals surface area contributed by atoms with Crippen LogP contribution in [0, 0.1) is 0 Å². The minimum absolute atomic E-state index is 0.162. The van der Waals surface area contributed by atoms with E-state index in [0.717, 1.165) is 16.7 Å². The number of H-pyrrole nitrogens is 1. The lowest BCUT2D eigenvalue weighted by molar-refractivity contribution is -0.150. The predicted octanol–water partition coefficient (Wildman–Crippen LogP) is -0.469. The van der Waals surface area contributed by atoms with Crippen LogP contribution in [0.15, 0.2) is 40.7 Å². The lowest BCUT2D eigenvalue weighted by Crippen LogP contribution is -2.71. The van der Waals surface area contributed by atoms with Crippen molar-refractivity contribution in [3.05, 3.63) is 46.9 Å². The Labute approximate surface area is 217 Å². The number of nitrogens with two attached hydrogens (primary N) is 1. The zero-order valence-corrected chi connectivity index (χ0v) is 20.5. The van der Waals surface area contributed by atoms with Crippen LogP contribution in [-0.2, 0) is 30.4 Å². The average molecular weight is 548 g/mol. The molecule has 2 unspecified atom stereocenters. The first kappa shape index (κ1) is 26.2. The monoisotopic (exact) mass is 547 g/mol. The first-order valence-corrected chi connectivity index (χ1v) is 12.7. The number of carboxylic acid groups (broad SMARTS) is 2. The molecule has 1 saturated heterocycles. The zero-order chi connectivity index (χ0) is 26.7. The molecule has 7 N–H and O–H groups in total. The highest BCUT2D eigenvalue weighted by Gasteiger charge is 2.54. The Kier molecular flexibility index (Phi) is 7.80. The van der Waals surface area contributed by atoms with Crippen LogP contribution < -0.4 is 16.4 Å². The van der Waals surface area contributed by atoms with Gasteiger partial charge in [0.05, 0.1) is 0 Å². The standard InChI is InChI=1S/C21H21N7O7S2/c22-14(9-2-1-3-11(4-9)23-8-29)17(32)25-15-18(33)28-16(20(34)35)10(6-36-19(15)28)7-37-21-24-12(26-27-21)5-13(30)31/h1-4,8,14-15,19H,5-7,22H2,(H,23,29)(H,25,32)(H,30,31)(H,34,35)(H,24,26,27)/t14?,15?,19-/m1/s1. The number of aromatic amines is 1. The molecule has 14 nitrogen and oxygen atoms in total. The van der Waals surface area contributed by atoms with Gasteiger partial charge in [0, 0.05) is 17.2 Å². The lowest BCUT2D eigenvalue weighted by Gasteiger charge is -2.49. The number of rotatable bonds is 11. The molecule has 0 radical (unpaired) electrons. The van der Waals surface area contributed by atoms with Crippen molar-refractivity contribution in [3.8, 4) is 0 Å². The third-order valence-electron chi connectivity index (χ3n) is 5.51. The Morgan fingerprint density at radius 1 is 1.35 bits per heavy atom. The van der Waals surface area contributed by atoms with Gasteiger partial charge in [-0.2, -0.15) is 0 Å². The fourth-order valence-electron chi connectivity index (χ4n) is 3.80. The van der Waals surface area contributed by atoms with E-state index in [0.29, 0.717) is 23.2 Å². The van der Waals surface area contributed by atoms with Gasteiger partial charge in [-0.15, -0.1) is 16.9 Å². The number of nitrogens with zero attached hydrogens (tertiary/aromatic N) is 3. The molecule has 0 bridgehead atoms. The van der Waals surface area contributed by atoms with Crippen LogP contribution >= 0.6 is 23.5 Å². The second kappa shape index (κ2) is 11.0. The quantitative estimate of drug-likeness (QED) is 0.119. The molecule has 3 heterocycles. The maximum absolute atomic E-state index is 12.9. The van der Waals surface area contributed by atoms with Gasteiger partial charge in [0.25, 0.3) is 5.91 Å². The lowest BCUT2D eigenvalue weighted by atomic mass is 10.0. The van der Waals surface area contributed by atoms with Crippen LogP contribution in [0.4, 0.5) is 5.69 Å². The summed E-state index contributed by atoms with van der Waals surface area (Å²) in [6.07, 6.45) is 0.170. The second-order valence-electron chi connectivity index (χ2n) is 7.94. The third kappa shape index (κ3) is 5.60. The summed E-state index contributed by atoms with van der Waals surface area (Å²) in [5.74, 6) is -2.92. The van der Waals surface area contributed by atoms with E-state index >= 15 is 0 Å². The summed E-state index contributed by atoms with van der Waals surface area (Å²) in [5.41, 5.74) is 7.24. The molecule has 1 fully saturated rings. The number of carbonyl (C=O) groups excluding carboxylic acids is 3. The molecule has 194 valence electrons. The van der Waals surface area contributed by atoms with Crippen molar-refractivity contribution < 1.29 is 34.2 Å². The highest BCUT2D eigenvalue weighted by atomic mass is 32.2. The molecule has 16 heteroatoms. The highest BCUT2D eigenvalue weighted by Crippen LogP contribution is 2.41. The Balaban J connectivity index is 1.42. The van der Waals surface area contributed by atoms with Crippen LogP contribution in [0.3, 0.4) is 0 Å². The van der Waals surface area contributed by atoms with Gasteiger partial charge in [0.1, 0.15) is 35.4 Å². The van der Waals surface area contributed by atoms with Crippen molar-refractivity contribution >= 4 is 59.4 Å². The van der Waals surface area contributed by atoms with Crippen LogP contribution in [0.25, 0.3) is 0 Å². The van der Waals surface area contributed by atoms with Gasteiger partial charge in [-0.3, -0.25) is 29.2 Å². The van der Waals surface area contributed by atoms with Crippen molar-refractivity contribution in [1.29, 1.82) is 0 Å². The van der Waals surface area contributed by atoms with E-state index in [1.807, 2.05) is 0 Å². The molecule has 2 aromatic rings. The SMILES string of the molecule is NC(C(=O)NC1C(=O)N2C(C(=O)O)=C(CSc3n[nH]c(CC(=O)O)n3)CS[C@H]12)c1cccc(NC=O)c1. The zero-order valence-electron chi connectivity index (χ0n) is 18.9. The first-order chi connectivity index (χ1) is 17.7. The molecule has 2 aliphatic heterocycles. The van der Waals surface area contributed by atoms with Gasteiger partial charge < -0.3 is 26.6 Å². The number of carbonyl (C=O) groups is 5. The molecule has 1 aromatic carbocycles. The van der Waals surface area contributed by atoms with Crippen LogP contribution in [-0.4, -0.2) is 83.4 Å². The number of aromatic nitrogens is 3. The summed E-state index contributed by atoms with van der Waals surface area (Å²) < 4.78 is 0. The molecule has 0 spiro atoms. The number of amides is 3. The van der Waals surface area contributed by atoms with Gasteiger partial charge in [-0.1, -0.05) is 23.9 Å². The number of fused-ring (bicyclic) bond motifs is 1. The van der Waals surface area contributed by atoms with Gasteiger partial charge >= 0.3 is 11.9 Å². The van der Waals surface area contributed by atoms with Crippen LogP contribution in [0.1, 0.15) is 17.4 Å². The summed E-state index contributed by atoms with van der Waals surface area (Å²) in [5, 5.41) is 29.8. The average Bonchev–Trinajstić information content (AvgIpc) is 3.31. The van der Waals surface area contributed by atoms with E-state index in [1.54, 1.807) is 18.2 Å². The summed E-state index contributed by atoms with van der Waals surface area (Å²) in [4.78, 5) is 64.3. The van der Waals surface area contributed by atoms with Crippen molar-refractivity contribution in [1.82, 2.24) is 25.4 Å². The Bertz CT molecular complexity index is 1300. The summed E-state index contributed by atoms with van der Waals surface area (Å²) in [6, 6.07) is 4.33. The maximum atomic E-state index is 12.9. The molecule has 1 aromatic heterocycles. The topological polar surface area (TPSA) is 221 Å². The number of hydrogen-bond acceptors (Lipinski definition) is 10. The van der Waals surface area contributed by atoms with E-state index in [2.05, 4.69) is 25.8 Å². The van der Waals surface area contributed by atoms with Crippen LogP contribution in [0.2, 0.25) is 0 Å². The van der Waals surface area contributed by atoms with Crippen LogP contribution in [0.5, 0.6) is 0 Å². The number of thioether (sulfide) groups is 2. The minimum Gasteiger partial charge on any atom is -0.481 e. The number of benzene rings is 1. The second-order valence-corrected chi connectivity index (χ2v) is 9.99. The molecule has 2 aliphatic rings. The predicted molar refractivity (Wildman–Crippen MR) is 131 cm³/mol. The van der Waals surface area contributed by atoms with E-state index < -0.39 is 41.2 Å². The van der Waals surface area contributed by atoms with Gasteiger partial charge in [-0.05, 0) is 23.3 Å². The molecule has 0 aliphatic carbocycles. The van der Waals surface area contributed by atoms with Crippen molar-refractivity contribution in [2.75, 3.05) is 16.8 Å².